The highest BCUT2D eigenvalue weighted by molar-refractivity contribution is 7.98. The predicted octanol–water partition coefficient (Wildman–Crippen LogP) is 3.27. The predicted molar refractivity (Wildman–Crippen MR) is 65.5 cm³/mol. The van der Waals surface area contributed by atoms with Gasteiger partial charge in [0, 0.05) is 11.3 Å². The Hall–Kier alpha value is -0.470. The number of hydrogen-bond donors (Lipinski definition) is 1. The van der Waals surface area contributed by atoms with Crippen molar-refractivity contribution in [2.24, 2.45) is 0 Å². The van der Waals surface area contributed by atoms with Crippen LogP contribution in [0, 0.1) is 0 Å². The van der Waals surface area contributed by atoms with Crippen LogP contribution in [0.2, 0.25) is 0 Å². The van der Waals surface area contributed by atoms with Gasteiger partial charge in [-0.3, -0.25) is 4.72 Å². The van der Waals surface area contributed by atoms with Crippen molar-refractivity contribution in [3.63, 3.8) is 0 Å². The average Bonchev–Trinajstić information content (AvgIpc) is 2.13. The summed E-state index contributed by atoms with van der Waals surface area (Å²) in [5.74, 6) is 0. The minimum Gasteiger partial charge on any atom is -0.263 e. The first-order chi connectivity index (χ1) is 6.58. The molecule has 0 aliphatic rings. The lowest BCUT2D eigenvalue weighted by molar-refractivity contribution is 0.784. The monoisotopic (exact) mass is 209 g/mol. The molecule has 0 aliphatic carbocycles. The molecule has 1 nitrogen and oxygen atoms in total. The second kappa shape index (κ2) is 5.42. The van der Waals surface area contributed by atoms with E-state index < -0.39 is 0 Å². The highest BCUT2D eigenvalue weighted by Crippen LogP contribution is 2.19. The zero-order valence-electron chi connectivity index (χ0n) is 9.21. The van der Waals surface area contributed by atoms with E-state index in [0.717, 1.165) is 13.0 Å². The minimum absolute atomic E-state index is 0.302. The Balaban J connectivity index is 2.17. The van der Waals surface area contributed by atoms with Crippen LogP contribution in [0.25, 0.3) is 0 Å². The standard InChI is InChI=1S/C12H19NS/c1-12(2,3)14-13-10-9-11-7-5-4-6-8-11/h4-8,13H,9-10H2,1-3H3. The van der Waals surface area contributed by atoms with Crippen molar-refractivity contribution >= 4 is 11.9 Å². The highest BCUT2D eigenvalue weighted by atomic mass is 32.2. The van der Waals surface area contributed by atoms with Gasteiger partial charge in [-0.05, 0) is 32.8 Å². The lowest BCUT2D eigenvalue weighted by atomic mass is 10.2. The summed E-state index contributed by atoms with van der Waals surface area (Å²) in [6.45, 7) is 7.68. The molecule has 0 saturated carbocycles. The molecule has 1 aromatic carbocycles. The van der Waals surface area contributed by atoms with Crippen LogP contribution in [0.15, 0.2) is 30.3 Å². The number of rotatable bonds is 4. The summed E-state index contributed by atoms with van der Waals surface area (Å²) in [6.07, 6.45) is 1.10. The second-order valence-electron chi connectivity index (χ2n) is 4.34. The van der Waals surface area contributed by atoms with Gasteiger partial charge >= 0.3 is 0 Å². The normalized spacial score (nSPS) is 11.6. The van der Waals surface area contributed by atoms with Gasteiger partial charge in [-0.25, -0.2) is 0 Å². The van der Waals surface area contributed by atoms with E-state index in [9.17, 15) is 0 Å². The van der Waals surface area contributed by atoms with Crippen molar-refractivity contribution in [1.29, 1.82) is 0 Å². The third-order valence-corrected chi connectivity index (χ3v) is 2.70. The van der Waals surface area contributed by atoms with Crippen molar-refractivity contribution in [3.8, 4) is 0 Å². The maximum Gasteiger partial charge on any atom is 0.0220 e. The lowest BCUT2D eigenvalue weighted by Crippen LogP contribution is -2.18. The van der Waals surface area contributed by atoms with E-state index in [1.165, 1.54) is 5.56 Å². The first kappa shape index (κ1) is 11.6. The first-order valence-electron chi connectivity index (χ1n) is 5.03. The Morgan fingerprint density at radius 2 is 1.79 bits per heavy atom. The summed E-state index contributed by atoms with van der Waals surface area (Å²) in [7, 11) is 0. The Labute approximate surface area is 91.4 Å². The Morgan fingerprint density at radius 1 is 1.14 bits per heavy atom. The molecule has 0 unspecified atom stereocenters. The van der Waals surface area contributed by atoms with Crippen LogP contribution in [0.4, 0.5) is 0 Å². The van der Waals surface area contributed by atoms with Crippen LogP contribution in [0.5, 0.6) is 0 Å². The van der Waals surface area contributed by atoms with Gasteiger partial charge in [0.1, 0.15) is 0 Å². The SMILES string of the molecule is CC(C)(C)SNCCc1ccccc1. The molecule has 0 aromatic heterocycles. The van der Waals surface area contributed by atoms with Gasteiger partial charge < -0.3 is 0 Å². The van der Waals surface area contributed by atoms with Gasteiger partial charge in [-0.15, -0.1) is 0 Å². The van der Waals surface area contributed by atoms with Gasteiger partial charge in [0.15, 0.2) is 0 Å². The van der Waals surface area contributed by atoms with Crippen molar-refractivity contribution in [2.45, 2.75) is 31.9 Å². The lowest BCUT2D eigenvalue weighted by Gasteiger charge is -2.17. The van der Waals surface area contributed by atoms with Crippen LogP contribution < -0.4 is 4.72 Å². The summed E-state index contributed by atoms with van der Waals surface area (Å²) in [4.78, 5) is 0. The van der Waals surface area contributed by atoms with Crippen molar-refractivity contribution in [3.05, 3.63) is 35.9 Å². The average molecular weight is 209 g/mol. The van der Waals surface area contributed by atoms with Crippen molar-refractivity contribution in [1.82, 2.24) is 4.72 Å². The van der Waals surface area contributed by atoms with Gasteiger partial charge in [0.25, 0.3) is 0 Å². The summed E-state index contributed by atoms with van der Waals surface area (Å²) < 4.78 is 3.69. The van der Waals surface area contributed by atoms with Crippen molar-refractivity contribution < 1.29 is 0 Å². The van der Waals surface area contributed by atoms with Crippen LogP contribution in [-0.2, 0) is 6.42 Å². The smallest absolute Gasteiger partial charge is 0.0220 e. The van der Waals surface area contributed by atoms with E-state index in [0.29, 0.717) is 4.75 Å². The Bertz CT molecular complexity index is 251. The van der Waals surface area contributed by atoms with Crippen LogP contribution in [0.1, 0.15) is 26.3 Å². The zero-order valence-corrected chi connectivity index (χ0v) is 10.0. The van der Waals surface area contributed by atoms with Crippen molar-refractivity contribution in [2.75, 3.05) is 6.54 Å². The third kappa shape index (κ3) is 5.30. The van der Waals surface area contributed by atoms with E-state index in [1.54, 1.807) is 11.9 Å². The van der Waals surface area contributed by atoms with Gasteiger partial charge in [-0.2, -0.15) is 0 Å². The minimum atomic E-state index is 0.302. The Morgan fingerprint density at radius 3 is 2.36 bits per heavy atom. The second-order valence-corrected chi connectivity index (χ2v) is 6.06. The molecule has 0 spiro atoms. The maximum atomic E-state index is 3.39. The van der Waals surface area contributed by atoms with E-state index in [2.05, 4.69) is 55.8 Å². The van der Waals surface area contributed by atoms with E-state index in [4.69, 9.17) is 0 Å². The van der Waals surface area contributed by atoms with Crippen LogP contribution in [0.3, 0.4) is 0 Å². The molecule has 1 rings (SSSR count). The Kier molecular flexibility index (Phi) is 4.49. The molecular formula is C12H19NS. The van der Waals surface area contributed by atoms with Gasteiger partial charge in [0.2, 0.25) is 0 Å². The molecule has 0 amide bonds. The summed E-state index contributed by atoms with van der Waals surface area (Å²) >= 11 is 1.80. The van der Waals surface area contributed by atoms with Gasteiger partial charge in [-0.1, -0.05) is 42.3 Å². The fourth-order valence-electron chi connectivity index (χ4n) is 1.11. The van der Waals surface area contributed by atoms with E-state index in [-0.39, 0.29) is 0 Å². The molecule has 1 N–H and O–H groups in total. The topological polar surface area (TPSA) is 12.0 Å². The summed E-state index contributed by atoms with van der Waals surface area (Å²) in [5.41, 5.74) is 1.40. The number of benzene rings is 1. The molecule has 0 heterocycles. The summed E-state index contributed by atoms with van der Waals surface area (Å²) in [6, 6.07) is 10.6. The molecule has 0 bridgehead atoms. The molecule has 0 aliphatic heterocycles. The van der Waals surface area contributed by atoms with Gasteiger partial charge in [0.05, 0.1) is 0 Å². The highest BCUT2D eigenvalue weighted by Gasteiger charge is 2.09. The molecule has 1 aromatic rings. The maximum absolute atomic E-state index is 3.39. The van der Waals surface area contributed by atoms with Crippen LogP contribution in [-0.4, -0.2) is 11.3 Å². The van der Waals surface area contributed by atoms with E-state index >= 15 is 0 Å². The van der Waals surface area contributed by atoms with Crippen LogP contribution >= 0.6 is 11.9 Å². The quantitative estimate of drug-likeness (QED) is 0.603. The zero-order chi connectivity index (χ0) is 10.4. The van der Waals surface area contributed by atoms with E-state index in [1.807, 2.05) is 0 Å². The molecule has 0 saturated heterocycles. The molecule has 0 atom stereocenters. The number of hydrogen-bond acceptors (Lipinski definition) is 2. The first-order valence-corrected chi connectivity index (χ1v) is 5.84. The fourth-order valence-corrected chi connectivity index (χ4v) is 1.74. The third-order valence-electron chi connectivity index (χ3n) is 1.74. The fraction of sp³-hybridized carbons (Fsp3) is 0.500. The molecule has 0 radical (unpaired) electrons. The largest absolute Gasteiger partial charge is 0.263 e. The summed E-state index contributed by atoms with van der Waals surface area (Å²) in [5, 5.41) is 0. The molecule has 2 heteroatoms. The molecule has 0 fully saturated rings. The molecule has 78 valence electrons. The number of nitrogens with one attached hydrogen (secondary N) is 1. The molecule has 14 heavy (non-hydrogen) atoms. The molecular weight excluding hydrogens is 190 g/mol.